The van der Waals surface area contributed by atoms with Crippen molar-refractivity contribution in [3.8, 4) is 5.75 Å². The maximum Gasteiger partial charge on any atom is 0.272 e. The third kappa shape index (κ3) is 6.19. The number of carbonyl (C=O) groups is 3. The van der Waals surface area contributed by atoms with E-state index in [9.17, 15) is 14.4 Å². The van der Waals surface area contributed by atoms with Crippen molar-refractivity contribution in [2.45, 2.75) is 59.0 Å². The van der Waals surface area contributed by atoms with Crippen molar-refractivity contribution >= 4 is 40.6 Å². The van der Waals surface area contributed by atoms with Crippen LogP contribution >= 0.6 is 11.5 Å². The summed E-state index contributed by atoms with van der Waals surface area (Å²) >= 11 is 0.771. The highest BCUT2D eigenvalue weighted by molar-refractivity contribution is 7.09. The van der Waals surface area contributed by atoms with Gasteiger partial charge in [0, 0.05) is 11.2 Å². The molecule has 3 amide bonds. The number of carbonyl (C=O) groups excluding carboxylic acids is 3. The van der Waals surface area contributed by atoms with E-state index in [1.54, 1.807) is 31.2 Å². The number of rotatable bonds is 9. The molecule has 0 spiro atoms. The Kier molecular flexibility index (Phi) is 8.20. The number of primary amides is 1. The minimum atomic E-state index is -0.868. The van der Waals surface area contributed by atoms with Gasteiger partial charge in [-0.1, -0.05) is 13.3 Å². The molecule has 0 saturated carbocycles. The molecule has 0 aliphatic carbocycles. The van der Waals surface area contributed by atoms with Crippen LogP contribution in [0.15, 0.2) is 24.3 Å². The fourth-order valence-electron chi connectivity index (χ4n) is 2.88. The minimum Gasteiger partial charge on any atom is -0.494 e. The first kappa shape index (κ1) is 25.1. The number of nitrogens with two attached hydrogens (primary N) is 2. The molecule has 0 saturated heterocycles. The second-order valence-corrected chi connectivity index (χ2v) is 9.20. The van der Waals surface area contributed by atoms with Gasteiger partial charge in [0.15, 0.2) is 5.69 Å². The van der Waals surface area contributed by atoms with Crippen LogP contribution in [0.4, 0.5) is 11.4 Å². The molecule has 2 rings (SSSR count). The first-order chi connectivity index (χ1) is 15.0. The molecule has 0 radical (unpaired) electrons. The molecule has 0 aliphatic heterocycles. The van der Waals surface area contributed by atoms with Crippen LogP contribution in [0.1, 0.15) is 67.6 Å². The molecule has 0 fully saturated rings. The third-order valence-electron chi connectivity index (χ3n) is 4.52. The number of hydrogen-bond acceptors (Lipinski definition) is 7. The van der Waals surface area contributed by atoms with E-state index in [0.29, 0.717) is 18.0 Å². The number of benzene rings is 1. The van der Waals surface area contributed by atoms with Crippen molar-refractivity contribution in [1.29, 1.82) is 0 Å². The molecule has 2 aromatic rings. The van der Waals surface area contributed by atoms with E-state index in [1.807, 2.05) is 20.8 Å². The summed E-state index contributed by atoms with van der Waals surface area (Å²) in [5.41, 5.74) is 11.0. The molecule has 0 bridgehead atoms. The second-order valence-electron chi connectivity index (χ2n) is 8.42. The van der Waals surface area contributed by atoms with Gasteiger partial charge in [0.2, 0.25) is 5.91 Å². The van der Waals surface area contributed by atoms with E-state index < -0.39 is 23.4 Å². The molecule has 5 N–H and O–H groups in total. The Labute approximate surface area is 192 Å². The van der Waals surface area contributed by atoms with Gasteiger partial charge in [-0.15, -0.1) is 0 Å². The SMILES string of the molecule is CCCCOc1ccc(N(C(=O)c2snc(C(N)=O)c2N)[C@H](C)C(=O)NC(C)(C)C)cc1. The van der Waals surface area contributed by atoms with Crippen LogP contribution in [0.3, 0.4) is 0 Å². The van der Waals surface area contributed by atoms with Gasteiger partial charge in [-0.05, 0) is 69.9 Å². The van der Waals surface area contributed by atoms with Gasteiger partial charge >= 0.3 is 0 Å². The topological polar surface area (TPSA) is 141 Å². The number of amides is 3. The summed E-state index contributed by atoms with van der Waals surface area (Å²) in [5.74, 6) is -1.05. The third-order valence-corrected chi connectivity index (χ3v) is 5.37. The average molecular weight is 462 g/mol. The number of anilines is 2. The smallest absolute Gasteiger partial charge is 0.272 e. The molecule has 1 aromatic heterocycles. The lowest BCUT2D eigenvalue weighted by molar-refractivity contribution is -0.123. The predicted molar refractivity (Wildman–Crippen MR) is 126 cm³/mol. The number of nitrogens with zero attached hydrogens (tertiary/aromatic N) is 2. The highest BCUT2D eigenvalue weighted by Crippen LogP contribution is 2.29. The summed E-state index contributed by atoms with van der Waals surface area (Å²) < 4.78 is 9.59. The van der Waals surface area contributed by atoms with Crippen molar-refractivity contribution < 1.29 is 19.1 Å². The number of nitrogen functional groups attached to an aromatic ring is 1. The Balaban J connectivity index is 2.42. The first-order valence-corrected chi connectivity index (χ1v) is 11.2. The van der Waals surface area contributed by atoms with Crippen LogP contribution in [-0.2, 0) is 4.79 Å². The van der Waals surface area contributed by atoms with Crippen molar-refractivity contribution in [3.05, 3.63) is 34.8 Å². The Bertz CT molecular complexity index is 966. The lowest BCUT2D eigenvalue weighted by Crippen LogP contribution is -2.52. The summed E-state index contributed by atoms with van der Waals surface area (Å²) in [7, 11) is 0. The van der Waals surface area contributed by atoms with E-state index >= 15 is 0 Å². The molecule has 1 atom stereocenters. The minimum absolute atomic E-state index is 0.0393. The van der Waals surface area contributed by atoms with Crippen LogP contribution in [0, 0.1) is 0 Å². The molecular formula is C22H31N5O4S. The van der Waals surface area contributed by atoms with Crippen molar-refractivity contribution in [2.24, 2.45) is 5.73 Å². The first-order valence-electron chi connectivity index (χ1n) is 10.4. The van der Waals surface area contributed by atoms with E-state index in [1.165, 1.54) is 4.90 Å². The summed E-state index contributed by atoms with van der Waals surface area (Å²) in [6.07, 6.45) is 1.95. The highest BCUT2D eigenvalue weighted by Gasteiger charge is 2.33. The summed E-state index contributed by atoms with van der Waals surface area (Å²) in [6.45, 7) is 9.85. The monoisotopic (exact) mass is 461 g/mol. The van der Waals surface area contributed by atoms with Crippen LogP contribution < -0.4 is 26.4 Å². The molecule has 1 heterocycles. The maximum absolute atomic E-state index is 13.5. The quantitative estimate of drug-likeness (QED) is 0.490. The normalized spacial score (nSPS) is 12.2. The molecule has 1 aromatic carbocycles. The Morgan fingerprint density at radius 3 is 2.34 bits per heavy atom. The molecule has 9 nitrogen and oxygen atoms in total. The largest absolute Gasteiger partial charge is 0.494 e. The molecule has 32 heavy (non-hydrogen) atoms. The fraction of sp³-hybridized carbons (Fsp3) is 0.455. The van der Waals surface area contributed by atoms with E-state index in [2.05, 4.69) is 16.6 Å². The van der Waals surface area contributed by atoms with Gasteiger partial charge in [-0.3, -0.25) is 19.3 Å². The second kappa shape index (κ2) is 10.4. The molecule has 0 unspecified atom stereocenters. The van der Waals surface area contributed by atoms with E-state index in [0.717, 1.165) is 24.4 Å². The van der Waals surface area contributed by atoms with Gasteiger partial charge in [0.05, 0.1) is 12.3 Å². The number of nitrogens with one attached hydrogen (secondary N) is 1. The van der Waals surface area contributed by atoms with Gasteiger partial charge in [0.25, 0.3) is 11.8 Å². The Morgan fingerprint density at radius 2 is 1.84 bits per heavy atom. The average Bonchev–Trinajstić information content (AvgIpc) is 3.09. The highest BCUT2D eigenvalue weighted by atomic mass is 32.1. The van der Waals surface area contributed by atoms with Gasteiger partial charge in [-0.25, -0.2) is 0 Å². The van der Waals surface area contributed by atoms with Gasteiger partial charge < -0.3 is 21.5 Å². The summed E-state index contributed by atoms with van der Waals surface area (Å²) in [6, 6.07) is 6.01. The lowest BCUT2D eigenvalue weighted by atomic mass is 10.1. The standard InChI is InChI=1S/C22H31N5O4S/c1-6-7-12-31-15-10-8-14(9-11-15)27(13(2)20(29)25-22(3,4)5)21(30)18-16(23)17(19(24)28)26-32-18/h8-11,13H,6-7,12,23H2,1-5H3,(H2,24,28)(H,25,29)/t13-/m1/s1. The van der Waals surface area contributed by atoms with Crippen molar-refractivity contribution in [3.63, 3.8) is 0 Å². The van der Waals surface area contributed by atoms with Gasteiger partial charge in [-0.2, -0.15) is 4.37 Å². The fourth-order valence-corrected chi connectivity index (χ4v) is 3.63. The van der Waals surface area contributed by atoms with Crippen LogP contribution in [0.2, 0.25) is 0 Å². The lowest BCUT2D eigenvalue weighted by Gasteiger charge is -2.31. The Hall–Kier alpha value is -3.14. The van der Waals surface area contributed by atoms with Crippen molar-refractivity contribution in [1.82, 2.24) is 9.69 Å². The van der Waals surface area contributed by atoms with Crippen LogP contribution in [0.5, 0.6) is 5.75 Å². The zero-order valence-electron chi connectivity index (χ0n) is 19.1. The number of aromatic nitrogens is 1. The van der Waals surface area contributed by atoms with Crippen molar-refractivity contribution in [2.75, 3.05) is 17.2 Å². The zero-order chi connectivity index (χ0) is 24.1. The summed E-state index contributed by atoms with van der Waals surface area (Å²) in [4.78, 5) is 39.3. The number of hydrogen-bond donors (Lipinski definition) is 3. The van der Waals surface area contributed by atoms with E-state index in [4.69, 9.17) is 16.2 Å². The Morgan fingerprint density at radius 1 is 1.22 bits per heavy atom. The molecule has 174 valence electrons. The molecule has 0 aliphatic rings. The molecular weight excluding hydrogens is 430 g/mol. The number of unbranched alkanes of at least 4 members (excludes halogenated alkanes) is 1. The van der Waals surface area contributed by atoms with E-state index in [-0.39, 0.29) is 22.2 Å². The maximum atomic E-state index is 13.5. The van der Waals surface area contributed by atoms with Gasteiger partial charge in [0.1, 0.15) is 16.7 Å². The van der Waals surface area contributed by atoms with Crippen LogP contribution in [-0.4, -0.2) is 40.3 Å². The summed E-state index contributed by atoms with van der Waals surface area (Å²) in [5, 5.41) is 2.88. The zero-order valence-corrected chi connectivity index (χ0v) is 19.9. The van der Waals surface area contributed by atoms with Crippen LogP contribution in [0.25, 0.3) is 0 Å². The molecule has 10 heteroatoms. The predicted octanol–water partition coefficient (Wildman–Crippen LogP) is 2.95. The number of ether oxygens (including phenoxy) is 1.